The number of carbonyl (C=O) groups excluding carboxylic acids is 1. The van der Waals surface area contributed by atoms with E-state index < -0.39 is 6.10 Å². The van der Waals surface area contributed by atoms with Crippen molar-refractivity contribution in [2.45, 2.75) is 51.0 Å². The van der Waals surface area contributed by atoms with E-state index >= 15 is 0 Å². The third-order valence-electron chi connectivity index (χ3n) is 3.81. The predicted octanol–water partition coefficient (Wildman–Crippen LogP) is 2.79. The van der Waals surface area contributed by atoms with Crippen LogP contribution in [0.5, 0.6) is 0 Å². The van der Waals surface area contributed by atoms with E-state index in [9.17, 15) is 9.90 Å². The summed E-state index contributed by atoms with van der Waals surface area (Å²) in [6, 6.07) is 3.44. The minimum atomic E-state index is -0.756. The summed E-state index contributed by atoms with van der Waals surface area (Å²) < 4.78 is 5.09. The van der Waals surface area contributed by atoms with Crippen molar-refractivity contribution in [3.05, 3.63) is 24.2 Å². The summed E-state index contributed by atoms with van der Waals surface area (Å²) in [5, 5.41) is 12.6. The zero-order valence-corrected chi connectivity index (χ0v) is 11.3. The number of furan rings is 1. The average molecular weight is 265 g/mol. The van der Waals surface area contributed by atoms with Gasteiger partial charge in [-0.2, -0.15) is 0 Å². The number of hydrogen-bond acceptors (Lipinski definition) is 3. The average Bonchev–Trinajstić information content (AvgIpc) is 2.82. The quantitative estimate of drug-likeness (QED) is 0.805. The smallest absolute Gasteiger partial charge is 0.220 e. The van der Waals surface area contributed by atoms with Crippen LogP contribution in [0.2, 0.25) is 0 Å². The van der Waals surface area contributed by atoms with E-state index in [2.05, 4.69) is 5.32 Å². The second-order valence-corrected chi connectivity index (χ2v) is 5.40. The molecule has 1 aliphatic rings. The van der Waals surface area contributed by atoms with Crippen LogP contribution in [-0.2, 0) is 4.79 Å². The van der Waals surface area contributed by atoms with Gasteiger partial charge in [0.2, 0.25) is 5.91 Å². The van der Waals surface area contributed by atoms with Crippen molar-refractivity contribution in [1.82, 2.24) is 5.32 Å². The monoisotopic (exact) mass is 265 g/mol. The number of aliphatic hydroxyl groups is 1. The molecular formula is C15H23NO3. The lowest BCUT2D eigenvalue weighted by atomic mass is 9.96. The van der Waals surface area contributed by atoms with Crippen LogP contribution >= 0.6 is 0 Å². The number of hydrogen-bond donors (Lipinski definition) is 2. The second kappa shape index (κ2) is 7.34. The summed E-state index contributed by atoms with van der Waals surface area (Å²) in [5.41, 5.74) is 0. The van der Waals surface area contributed by atoms with Crippen LogP contribution in [0.1, 0.15) is 56.8 Å². The Morgan fingerprint density at radius 3 is 2.74 bits per heavy atom. The highest BCUT2D eigenvalue weighted by molar-refractivity contribution is 5.76. The Kier molecular flexibility index (Phi) is 5.45. The van der Waals surface area contributed by atoms with Crippen LogP contribution in [-0.4, -0.2) is 17.6 Å². The molecule has 0 spiro atoms. The number of rotatable bonds is 5. The molecule has 0 radical (unpaired) electrons. The maximum atomic E-state index is 11.8. The maximum Gasteiger partial charge on any atom is 0.220 e. The van der Waals surface area contributed by atoms with Gasteiger partial charge in [-0.1, -0.05) is 25.7 Å². The topological polar surface area (TPSA) is 62.5 Å². The molecule has 1 aromatic heterocycles. The van der Waals surface area contributed by atoms with Crippen molar-refractivity contribution in [3.63, 3.8) is 0 Å². The van der Waals surface area contributed by atoms with E-state index in [1.54, 1.807) is 12.1 Å². The van der Waals surface area contributed by atoms with Crippen LogP contribution < -0.4 is 5.32 Å². The molecule has 1 atom stereocenters. The van der Waals surface area contributed by atoms with Crippen molar-refractivity contribution in [3.8, 4) is 0 Å². The SMILES string of the molecule is O=C(CC1CCCCCC1)NCC(O)c1ccco1. The van der Waals surface area contributed by atoms with Crippen LogP contribution in [0.15, 0.2) is 22.8 Å². The lowest BCUT2D eigenvalue weighted by Crippen LogP contribution is -2.29. The first kappa shape index (κ1) is 14.1. The van der Waals surface area contributed by atoms with E-state index in [4.69, 9.17) is 4.42 Å². The van der Waals surface area contributed by atoms with Gasteiger partial charge in [-0.25, -0.2) is 0 Å². The number of carbonyl (C=O) groups is 1. The lowest BCUT2D eigenvalue weighted by molar-refractivity contribution is -0.122. The van der Waals surface area contributed by atoms with Gasteiger partial charge in [0.15, 0.2) is 0 Å². The molecule has 2 rings (SSSR count). The second-order valence-electron chi connectivity index (χ2n) is 5.40. The number of aliphatic hydroxyl groups excluding tert-OH is 1. The summed E-state index contributed by atoms with van der Waals surface area (Å²) in [4.78, 5) is 11.8. The van der Waals surface area contributed by atoms with Crippen molar-refractivity contribution in [2.75, 3.05) is 6.54 Å². The molecule has 0 bridgehead atoms. The molecule has 0 saturated heterocycles. The van der Waals surface area contributed by atoms with Crippen LogP contribution in [0, 0.1) is 5.92 Å². The summed E-state index contributed by atoms with van der Waals surface area (Å²) in [5.74, 6) is 1.05. The molecule has 19 heavy (non-hydrogen) atoms. The molecule has 1 unspecified atom stereocenters. The molecule has 1 amide bonds. The Hall–Kier alpha value is -1.29. The van der Waals surface area contributed by atoms with E-state index in [0.717, 1.165) is 12.8 Å². The Bertz CT molecular complexity index is 367. The van der Waals surface area contributed by atoms with Gasteiger partial charge >= 0.3 is 0 Å². The minimum Gasteiger partial charge on any atom is -0.467 e. The third kappa shape index (κ3) is 4.71. The van der Waals surface area contributed by atoms with Gasteiger partial charge in [-0.15, -0.1) is 0 Å². The van der Waals surface area contributed by atoms with Gasteiger partial charge in [0, 0.05) is 6.42 Å². The first-order chi connectivity index (χ1) is 9.25. The summed E-state index contributed by atoms with van der Waals surface area (Å²) >= 11 is 0. The number of amides is 1. The van der Waals surface area contributed by atoms with Gasteiger partial charge < -0.3 is 14.8 Å². The summed E-state index contributed by atoms with van der Waals surface area (Å²) in [7, 11) is 0. The van der Waals surface area contributed by atoms with Crippen LogP contribution in [0.3, 0.4) is 0 Å². The fourth-order valence-corrected chi connectivity index (χ4v) is 2.69. The van der Waals surface area contributed by atoms with Crippen molar-refractivity contribution >= 4 is 5.91 Å². The Labute approximate surface area is 114 Å². The molecule has 4 heteroatoms. The highest BCUT2D eigenvalue weighted by Gasteiger charge is 2.17. The fourth-order valence-electron chi connectivity index (χ4n) is 2.69. The Morgan fingerprint density at radius 2 is 2.11 bits per heavy atom. The summed E-state index contributed by atoms with van der Waals surface area (Å²) in [6.45, 7) is 0.221. The van der Waals surface area contributed by atoms with Crippen molar-refractivity contribution in [2.24, 2.45) is 5.92 Å². The molecule has 2 N–H and O–H groups in total. The molecule has 4 nitrogen and oxygen atoms in total. The van der Waals surface area contributed by atoms with Crippen LogP contribution in [0.25, 0.3) is 0 Å². The Morgan fingerprint density at radius 1 is 1.37 bits per heavy atom. The van der Waals surface area contributed by atoms with Gasteiger partial charge in [0.1, 0.15) is 11.9 Å². The lowest BCUT2D eigenvalue weighted by Gasteiger charge is -2.14. The number of nitrogens with one attached hydrogen (secondary N) is 1. The molecule has 1 saturated carbocycles. The van der Waals surface area contributed by atoms with Gasteiger partial charge in [-0.3, -0.25) is 4.79 Å². The normalized spacial score (nSPS) is 18.8. The molecule has 1 heterocycles. The van der Waals surface area contributed by atoms with Crippen LogP contribution in [0.4, 0.5) is 0 Å². The Balaban J connectivity index is 1.69. The highest BCUT2D eigenvalue weighted by atomic mass is 16.4. The van der Waals surface area contributed by atoms with Crippen molar-refractivity contribution in [1.29, 1.82) is 0 Å². The van der Waals surface area contributed by atoms with Gasteiger partial charge in [-0.05, 0) is 30.9 Å². The van der Waals surface area contributed by atoms with Crippen molar-refractivity contribution < 1.29 is 14.3 Å². The minimum absolute atomic E-state index is 0.0394. The fraction of sp³-hybridized carbons (Fsp3) is 0.667. The largest absolute Gasteiger partial charge is 0.467 e. The standard InChI is InChI=1S/C15H23NO3/c17-13(14-8-5-9-19-14)11-16-15(18)10-12-6-3-1-2-4-7-12/h5,8-9,12-13,17H,1-4,6-7,10-11H2,(H,16,18). The molecule has 0 aromatic carbocycles. The van der Waals surface area contributed by atoms with E-state index in [-0.39, 0.29) is 12.5 Å². The zero-order chi connectivity index (χ0) is 13.5. The summed E-state index contributed by atoms with van der Waals surface area (Å²) in [6.07, 6.45) is 8.76. The first-order valence-corrected chi connectivity index (χ1v) is 7.24. The molecule has 1 aliphatic carbocycles. The predicted molar refractivity (Wildman–Crippen MR) is 72.5 cm³/mol. The maximum absolute atomic E-state index is 11.8. The first-order valence-electron chi connectivity index (χ1n) is 7.24. The molecular weight excluding hydrogens is 242 g/mol. The highest BCUT2D eigenvalue weighted by Crippen LogP contribution is 2.25. The van der Waals surface area contributed by atoms with E-state index in [1.165, 1.54) is 31.9 Å². The third-order valence-corrected chi connectivity index (χ3v) is 3.81. The molecule has 1 aromatic rings. The molecule has 0 aliphatic heterocycles. The molecule has 1 fully saturated rings. The van der Waals surface area contributed by atoms with Gasteiger partial charge in [0.25, 0.3) is 0 Å². The van der Waals surface area contributed by atoms with E-state index in [1.807, 2.05) is 0 Å². The zero-order valence-electron chi connectivity index (χ0n) is 11.3. The van der Waals surface area contributed by atoms with E-state index in [0.29, 0.717) is 18.1 Å². The molecule has 106 valence electrons. The van der Waals surface area contributed by atoms with Gasteiger partial charge in [0.05, 0.1) is 12.8 Å².